The number of aliphatic hydroxyl groups excluding tert-OH is 2. The number of rotatable bonds is 48. The van der Waals surface area contributed by atoms with E-state index in [9.17, 15) is 19.8 Å². The maximum Gasteiger partial charge on any atom is 0.305 e. The van der Waals surface area contributed by atoms with Crippen molar-refractivity contribution in [1.29, 1.82) is 0 Å². The number of aliphatic hydroxyl groups is 2. The molecule has 0 rings (SSSR count). The van der Waals surface area contributed by atoms with Crippen LogP contribution in [0.3, 0.4) is 0 Å². The Bertz CT molecular complexity index is 920. The molecule has 2 unspecified atom stereocenters. The number of hydrogen-bond donors (Lipinski definition) is 3. The van der Waals surface area contributed by atoms with Gasteiger partial charge in [0, 0.05) is 12.8 Å². The van der Waals surface area contributed by atoms with E-state index in [0.29, 0.717) is 19.4 Å². The fourth-order valence-corrected chi connectivity index (χ4v) is 7.92. The minimum Gasteiger partial charge on any atom is -0.466 e. The molecule has 0 saturated carbocycles. The number of allylic oxidation sites excluding steroid dienone is 3. The first-order chi connectivity index (χ1) is 29.0. The summed E-state index contributed by atoms with van der Waals surface area (Å²) in [5.74, 6) is -0.126. The van der Waals surface area contributed by atoms with E-state index in [1.54, 1.807) is 6.08 Å². The second-order valence-corrected chi connectivity index (χ2v) is 17.9. The second kappa shape index (κ2) is 49.0. The summed E-state index contributed by atoms with van der Waals surface area (Å²) in [4.78, 5) is 24.5. The van der Waals surface area contributed by atoms with Crippen LogP contribution in [0.4, 0.5) is 0 Å². The van der Waals surface area contributed by atoms with Crippen LogP contribution in [0.25, 0.3) is 0 Å². The van der Waals surface area contributed by atoms with E-state index in [-0.39, 0.29) is 18.5 Å². The lowest BCUT2D eigenvalue weighted by Gasteiger charge is -2.20. The Morgan fingerprint density at radius 2 is 0.797 bits per heavy atom. The summed E-state index contributed by atoms with van der Waals surface area (Å²) in [5.41, 5.74) is 0. The Kier molecular flexibility index (Phi) is 47.6. The summed E-state index contributed by atoms with van der Waals surface area (Å²) in [7, 11) is 0. The number of nitrogens with one attached hydrogen (secondary N) is 1. The Balaban J connectivity index is 3.52. The van der Waals surface area contributed by atoms with Crippen molar-refractivity contribution in [2.24, 2.45) is 0 Å². The van der Waals surface area contributed by atoms with Crippen LogP contribution in [0.15, 0.2) is 24.3 Å². The van der Waals surface area contributed by atoms with Crippen molar-refractivity contribution in [1.82, 2.24) is 5.32 Å². The number of carbonyl (C=O) groups excluding carboxylic acids is 2. The molecule has 0 aliphatic carbocycles. The van der Waals surface area contributed by atoms with E-state index >= 15 is 0 Å². The molecule has 0 aromatic heterocycles. The van der Waals surface area contributed by atoms with Crippen molar-refractivity contribution in [3.8, 4) is 0 Å². The highest BCUT2D eigenvalue weighted by molar-refractivity contribution is 5.76. The van der Waals surface area contributed by atoms with E-state index in [0.717, 1.165) is 83.5 Å². The van der Waals surface area contributed by atoms with Gasteiger partial charge in [-0.2, -0.15) is 0 Å². The van der Waals surface area contributed by atoms with Crippen molar-refractivity contribution in [2.75, 3.05) is 13.2 Å². The first-order valence-electron chi connectivity index (χ1n) is 26.1. The number of carbonyl (C=O) groups is 2. The molecule has 1 amide bonds. The third-order valence-electron chi connectivity index (χ3n) is 12.0. The number of hydrogen-bond acceptors (Lipinski definition) is 5. The van der Waals surface area contributed by atoms with Crippen LogP contribution in [0.2, 0.25) is 0 Å². The maximum atomic E-state index is 12.4. The van der Waals surface area contributed by atoms with Gasteiger partial charge in [-0.25, -0.2) is 0 Å². The van der Waals surface area contributed by atoms with Crippen molar-refractivity contribution >= 4 is 11.9 Å². The highest BCUT2D eigenvalue weighted by Gasteiger charge is 2.18. The maximum absolute atomic E-state index is 12.4. The van der Waals surface area contributed by atoms with Gasteiger partial charge < -0.3 is 20.3 Å². The Hall–Kier alpha value is -1.66. The molecule has 6 nitrogen and oxygen atoms in total. The zero-order valence-corrected chi connectivity index (χ0v) is 39.5. The molecule has 59 heavy (non-hydrogen) atoms. The fraction of sp³-hybridized carbons (Fsp3) is 0.887. The van der Waals surface area contributed by atoms with E-state index in [1.165, 1.54) is 167 Å². The van der Waals surface area contributed by atoms with Gasteiger partial charge in [0.05, 0.1) is 25.4 Å². The van der Waals surface area contributed by atoms with Gasteiger partial charge in [0.1, 0.15) is 0 Å². The minimum atomic E-state index is -0.861. The fourth-order valence-electron chi connectivity index (χ4n) is 7.92. The summed E-state index contributed by atoms with van der Waals surface area (Å²) < 4.78 is 5.45. The summed E-state index contributed by atoms with van der Waals surface area (Å²) >= 11 is 0. The van der Waals surface area contributed by atoms with Crippen LogP contribution in [-0.2, 0) is 14.3 Å². The van der Waals surface area contributed by atoms with Crippen LogP contribution in [0.1, 0.15) is 277 Å². The van der Waals surface area contributed by atoms with Crippen LogP contribution >= 0.6 is 0 Å². The average molecular weight is 832 g/mol. The van der Waals surface area contributed by atoms with Crippen molar-refractivity contribution < 1.29 is 24.5 Å². The summed E-state index contributed by atoms with van der Waals surface area (Å²) in [6.45, 7) is 4.83. The molecule has 0 spiro atoms. The predicted octanol–water partition coefficient (Wildman–Crippen LogP) is 15.5. The molecule has 0 fully saturated rings. The van der Waals surface area contributed by atoms with Gasteiger partial charge in [0.2, 0.25) is 5.91 Å². The molecule has 0 aliphatic heterocycles. The third-order valence-corrected chi connectivity index (χ3v) is 12.0. The molecule has 0 saturated heterocycles. The second-order valence-electron chi connectivity index (χ2n) is 17.9. The lowest BCUT2D eigenvalue weighted by Crippen LogP contribution is -2.45. The number of unbranched alkanes of at least 4 members (excludes halogenated alkanes) is 35. The normalized spacial score (nSPS) is 12.8. The van der Waals surface area contributed by atoms with Crippen molar-refractivity contribution in [3.63, 3.8) is 0 Å². The van der Waals surface area contributed by atoms with Gasteiger partial charge in [-0.05, 0) is 57.8 Å². The smallest absolute Gasteiger partial charge is 0.305 e. The molecule has 0 bridgehead atoms. The highest BCUT2D eigenvalue weighted by Crippen LogP contribution is 2.16. The molecule has 0 heterocycles. The SMILES string of the molecule is CCCCCCCCCCCCCC/C=C/C(O)C(CO)NC(=O)CCCCCCC/C=C\CCCCOC(=O)CCCCCCCCCCCCCCCCCCC. The largest absolute Gasteiger partial charge is 0.466 e. The van der Waals surface area contributed by atoms with Crippen LogP contribution < -0.4 is 5.32 Å². The molecule has 348 valence electrons. The zero-order chi connectivity index (χ0) is 43.0. The third kappa shape index (κ3) is 45.7. The topological polar surface area (TPSA) is 95.9 Å². The summed E-state index contributed by atoms with van der Waals surface area (Å²) in [6, 6.07) is -0.647. The number of ether oxygens (including phenoxy) is 1. The van der Waals surface area contributed by atoms with Gasteiger partial charge in [0.25, 0.3) is 0 Å². The molecule has 0 aromatic carbocycles. The molecular formula is C53H101NO5. The quantitative estimate of drug-likeness (QED) is 0.0322. The van der Waals surface area contributed by atoms with Gasteiger partial charge in [0.15, 0.2) is 0 Å². The Morgan fingerprint density at radius 1 is 0.458 bits per heavy atom. The first-order valence-corrected chi connectivity index (χ1v) is 26.1. The molecular weight excluding hydrogens is 731 g/mol. The Labute approximate surface area is 367 Å². The number of esters is 1. The van der Waals surface area contributed by atoms with Crippen LogP contribution in [-0.4, -0.2) is 47.4 Å². The molecule has 0 radical (unpaired) electrons. The number of amides is 1. The summed E-state index contributed by atoms with van der Waals surface area (Å²) in [5, 5.41) is 23.0. The predicted molar refractivity (Wildman–Crippen MR) is 255 cm³/mol. The van der Waals surface area contributed by atoms with E-state index < -0.39 is 12.1 Å². The van der Waals surface area contributed by atoms with E-state index in [1.807, 2.05) is 6.08 Å². The minimum absolute atomic E-state index is 0.0294. The van der Waals surface area contributed by atoms with E-state index in [2.05, 4.69) is 31.3 Å². The highest BCUT2D eigenvalue weighted by atomic mass is 16.5. The Morgan fingerprint density at radius 3 is 1.20 bits per heavy atom. The molecule has 3 N–H and O–H groups in total. The molecule has 2 atom stereocenters. The van der Waals surface area contributed by atoms with Gasteiger partial charge in [-0.3, -0.25) is 9.59 Å². The van der Waals surface area contributed by atoms with Crippen LogP contribution in [0, 0.1) is 0 Å². The van der Waals surface area contributed by atoms with Gasteiger partial charge >= 0.3 is 5.97 Å². The molecule has 6 heteroatoms. The summed E-state index contributed by atoms with van der Waals surface area (Å²) in [6.07, 6.45) is 57.5. The van der Waals surface area contributed by atoms with Crippen molar-refractivity contribution in [3.05, 3.63) is 24.3 Å². The molecule has 0 aliphatic rings. The molecule has 0 aromatic rings. The van der Waals surface area contributed by atoms with Gasteiger partial charge in [-0.1, -0.05) is 231 Å². The lowest BCUT2D eigenvalue weighted by atomic mass is 10.0. The first kappa shape index (κ1) is 57.3. The van der Waals surface area contributed by atoms with E-state index in [4.69, 9.17) is 4.74 Å². The lowest BCUT2D eigenvalue weighted by molar-refractivity contribution is -0.143. The van der Waals surface area contributed by atoms with Gasteiger partial charge in [-0.15, -0.1) is 0 Å². The monoisotopic (exact) mass is 832 g/mol. The zero-order valence-electron chi connectivity index (χ0n) is 39.5. The standard InChI is InChI=1S/C53H101NO5/c1-3-5-7-9-11-13-15-17-19-20-21-23-27-31-35-39-43-47-53(58)59-48-44-40-36-32-28-24-26-30-34-38-42-46-52(57)54-50(49-55)51(56)45-41-37-33-29-25-22-18-16-14-12-10-8-6-4-2/h28,32,41,45,50-51,55-56H,3-27,29-31,33-40,42-44,46-49H2,1-2H3,(H,54,57)/b32-28-,45-41+. The average Bonchev–Trinajstić information content (AvgIpc) is 3.24. The van der Waals surface area contributed by atoms with Crippen LogP contribution in [0.5, 0.6) is 0 Å². The van der Waals surface area contributed by atoms with Crippen molar-refractivity contribution in [2.45, 2.75) is 289 Å².